The van der Waals surface area contributed by atoms with Crippen LogP contribution in [0.3, 0.4) is 0 Å². The van der Waals surface area contributed by atoms with Gasteiger partial charge in [-0.2, -0.15) is 12.6 Å². The number of thiol groups is 1. The third-order valence-electron chi connectivity index (χ3n) is 7.95. The molecular formula is C25H35F3O2S. The number of rotatable bonds is 5. The fourth-order valence-electron chi connectivity index (χ4n) is 5.78. The van der Waals surface area contributed by atoms with E-state index in [-0.39, 0.29) is 22.9 Å². The molecule has 2 saturated carbocycles. The van der Waals surface area contributed by atoms with Crippen molar-refractivity contribution in [1.82, 2.24) is 0 Å². The molecule has 0 N–H and O–H groups in total. The van der Waals surface area contributed by atoms with Gasteiger partial charge in [-0.3, -0.25) is 0 Å². The molecule has 31 heavy (non-hydrogen) atoms. The Hall–Kier alpha value is -0.720. The molecule has 0 amide bonds. The molecule has 2 nitrogen and oxygen atoms in total. The maximum atomic E-state index is 15.0. The first kappa shape index (κ1) is 23.4. The van der Waals surface area contributed by atoms with Crippen molar-refractivity contribution in [3.8, 4) is 0 Å². The highest BCUT2D eigenvalue weighted by Gasteiger charge is 2.34. The topological polar surface area (TPSA) is 18.5 Å². The number of benzene rings is 1. The molecule has 3 fully saturated rings. The van der Waals surface area contributed by atoms with Gasteiger partial charge in [0.05, 0.1) is 13.2 Å². The van der Waals surface area contributed by atoms with Crippen LogP contribution in [0.1, 0.15) is 81.6 Å². The Morgan fingerprint density at radius 1 is 0.871 bits per heavy atom. The van der Waals surface area contributed by atoms with E-state index >= 15 is 0 Å². The maximum absolute atomic E-state index is 15.0. The van der Waals surface area contributed by atoms with Crippen molar-refractivity contribution in [2.24, 2.45) is 23.7 Å². The highest BCUT2D eigenvalue weighted by molar-refractivity contribution is 7.80. The SMILES string of the molecule is CC(S)C1COC(c2ccc(C3CCC(C4CCC(C(F)F)CC4)CC3)c(F)c2)OC1. The Morgan fingerprint density at radius 3 is 1.97 bits per heavy atom. The fraction of sp³-hybridized carbons (Fsp3) is 0.760. The smallest absolute Gasteiger partial charge is 0.241 e. The highest BCUT2D eigenvalue weighted by Crippen LogP contribution is 2.45. The van der Waals surface area contributed by atoms with E-state index in [1.54, 1.807) is 6.07 Å². The van der Waals surface area contributed by atoms with Gasteiger partial charge in [-0.25, -0.2) is 13.2 Å². The molecule has 1 heterocycles. The molecule has 6 heteroatoms. The number of halogens is 3. The first-order chi connectivity index (χ1) is 14.9. The van der Waals surface area contributed by atoms with Crippen LogP contribution in [0, 0.1) is 29.5 Å². The molecule has 1 aromatic carbocycles. The lowest BCUT2D eigenvalue weighted by Gasteiger charge is -2.38. The predicted molar refractivity (Wildman–Crippen MR) is 119 cm³/mol. The van der Waals surface area contributed by atoms with Crippen LogP contribution in [0.2, 0.25) is 0 Å². The largest absolute Gasteiger partial charge is 0.348 e. The molecule has 1 unspecified atom stereocenters. The minimum Gasteiger partial charge on any atom is -0.348 e. The van der Waals surface area contributed by atoms with Gasteiger partial charge in [0.15, 0.2) is 6.29 Å². The number of hydrogen-bond donors (Lipinski definition) is 1. The summed E-state index contributed by atoms with van der Waals surface area (Å²) in [6.07, 6.45) is 4.63. The molecular weight excluding hydrogens is 421 g/mol. The second kappa shape index (κ2) is 10.5. The first-order valence-corrected chi connectivity index (χ1v) is 12.4. The summed E-state index contributed by atoms with van der Waals surface area (Å²) in [4.78, 5) is 0. The summed E-state index contributed by atoms with van der Waals surface area (Å²) in [5.74, 6) is 1.12. The molecule has 0 bridgehead atoms. The van der Waals surface area contributed by atoms with Gasteiger partial charge in [0.1, 0.15) is 5.82 Å². The summed E-state index contributed by atoms with van der Waals surface area (Å²) < 4.78 is 52.4. The zero-order valence-electron chi connectivity index (χ0n) is 18.3. The summed E-state index contributed by atoms with van der Waals surface area (Å²) >= 11 is 4.45. The van der Waals surface area contributed by atoms with Crippen molar-refractivity contribution in [3.05, 3.63) is 35.1 Å². The molecule has 4 rings (SSSR count). The first-order valence-electron chi connectivity index (χ1n) is 11.9. The van der Waals surface area contributed by atoms with E-state index < -0.39 is 18.6 Å². The van der Waals surface area contributed by atoms with Crippen LogP contribution in [0.25, 0.3) is 0 Å². The summed E-state index contributed by atoms with van der Waals surface area (Å²) in [6, 6.07) is 5.41. The van der Waals surface area contributed by atoms with Gasteiger partial charge >= 0.3 is 0 Å². The van der Waals surface area contributed by atoms with Gasteiger partial charge in [0, 0.05) is 22.6 Å². The maximum Gasteiger partial charge on any atom is 0.241 e. The van der Waals surface area contributed by atoms with Gasteiger partial charge in [-0.1, -0.05) is 19.1 Å². The van der Waals surface area contributed by atoms with Gasteiger partial charge in [-0.05, 0) is 80.8 Å². The van der Waals surface area contributed by atoms with E-state index in [1.165, 1.54) is 0 Å². The number of hydrogen-bond acceptors (Lipinski definition) is 3. The van der Waals surface area contributed by atoms with Gasteiger partial charge in [0.25, 0.3) is 0 Å². The van der Waals surface area contributed by atoms with Crippen molar-refractivity contribution in [2.45, 2.75) is 82.2 Å². The lowest BCUT2D eigenvalue weighted by atomic mass is 9.68. The summed E-state index contributed by atoms with van der Waals surface area (Å²) in [7, 11) is 0. The molecule has 0 aromatic heterocycles. The van der Waals surface area contributed by atoms with Crippen molar-refractivity contribution < 1.29 is 22.6 Å². The second-order valence-corrected chi connectivity index (χ2v) is 10.7. The molecule has 1 aliphatic heterocycles. The van der Waals surface area contributed by atoms with Crippen LogP contribution in [0.5, 0.6) is 0 Å². The molecule has 1 atom stereocenters. The summed E-state index contributed by atoms with van der Waals surface area (Å²) in [5, 5.41) is 0.203. The Balaban J connectivity index is 1.29. The highest BCUT2D eigenvalue weighted by atomic mass is 32.1. The lowest BCUT2D eigenvalue weighted by Crippen LogP contribution is -2.31. The second-order valence-electron chi connectivity index (χ2n) is 9.90. The quantitative estimate of drug-likeness (QED) is 0.474. The van der Waals surface area contributed by atoms with Crippen molar-refractivity contribution in [2.75, 3.05) is 13.2 Å². The zero-order chi connectivity index (χ0) is 22.0. The van der Waals surface area contributed by atoms with Crippen LogP contribution in [0.4, 0.5) is 13.2 Å². The van der Waals surface area contributed by atoms with E-state index in [9.17, 15) is 13.2 Å². The third kappa shape index (κ3) is 5.62. The van der Waals surface area contributed by atoms with E-state index in [0.717, 1.165) is 49.7 Å². The summed E-state index contributed by atoms with van der Waals surface area (Å²) in [6.45, 7) is 3.17. The van der Waals surface area contributed by atoms with Crippen LogP contribution < -0.4 is 0 Å². The van der Waals surface area contributed by atoms with Gasteiger partial charge < -0.3 is 9.47 Å². The molecule has 0 spiro atoms. The van der Waals surface area contributed by atoms with Gasteiger partial charge in [-0.15, -0.1) is 0 Å². The number of ether oxygens (including phenoxy) is 2. The van der Waals surface area contributed by atoms with Gasteiger partial charge in [0.2, 0.25) is 6.43 Å². The molecule has 1 aromatic rings. The molecule has 1 saturated heterocycles. The van der Waals surface area contributed by atoms with Crippen LogP contribution in [-0.4, -0.2) is 24.9 Å². The van der Waals surface area contributed by atoms with Crippen molar-refractivity contribution >= 4 is 12.6 Å². The Labute approximate surface area is 189 Å². The minimum absolute atomic E-state index is 0.171. The standard InChI is InChI=1S/C25H35F3O2S/c1-15(31)21-13-29-25(30-14-21)20-10-11-22(23(26)12-20)18-6-2-16(3-7-18)17-4-8-19(9-5-17)24(27)28/h10-12,15-19,21,24-25,31H,2-9,13-14H2,1H3. The van der Waals surface area contributed by atoms with Crippen LogP contribution >= 0.6 is 12.6 Å². The summed E-state index contributed by atoms with van der Waals surface area (Å²) in [5.41, 5.74) is 1.53. The Kier molecular flexibility index (Phi) is 7.92. The molecule has 0 radical (unpaired) electrons. The minimum atomic E-state index is -2.17. The average Bonchev–Trinajstić information content (AvgIpc) is 2.79. The van der Waals surface area contributed by atoms with Crippen LogP contribution in [0.15, 0.2) is 18.2 Å². The van der Waals surface area contributed by atoms with Crippen molar-refractivity contribution in [1.29, 1.82) is 0 Å². The number of alkyl halides is 2. The average molecular weight is 457 g/mol. The zero-order valence-corrected chi connectivity index (χ0v) is 19.2. The third-order valence-corrected chi connectivity index (χ3v) is 8.38. The molecule has 174 valence electrons. The fourth-order valence-corrected chi connectivity index (χ4v) is 5.95. The van der Waals surface area contributed by atoms with E-state index in [4.69, 9.17) is 9.47 Å². The monoisotopic (exact) mass is 456 g/mol. The van der Waals surface area contributed by atoms with Crippen molar-refractivity contribution in [3.63, 3.8) is 0 Å². The van der Waals surface area contributed by atoms with E-state index in [1.807, 2.05) is 19.1 Å². The predicted octanol–water partition coefficient (Wildman–Crippen LogP) is 7.15. The van der Waals surface area contributed by atoms with E-state index in [0.29, 0.717) is 37.9 Å². The molecule has 3 aliphatic rings. The lowest BCUT2D eigenvalue weighted by molar-refractivity contribution is -0.204. The van der Waals surface area contributed by atoms with E-state index in [2.05, 4.69) is 12.6 Å². The Morgan fingerprint density at radius 2 is 1.45 bits per heavy atom. The Bertz CT molecular complexity index is 705. The molecule has 2 aliphatic carbocycles. The van der Waals surface area contributed by atoms with Crippen LogP contribution in [-0.2, 0) is 9.47 Å². The normalized spacial score (nSPS) is 35.8.